The summed E-state index contributed by atoms with van der Waals surface area (Å²) in [6, 6.07) is 6.53. The number of alkyl halides is 7. The Morgan fingerprint density at radius 2 is 1.57 bits per heavy atom. The van der Waals surface area contributed by atoms with Crippen molar-refractivity contribution in [3.63, 3.8) is 0 Å². The number of oxime groups is 1. The lowest BCUT2D eigenvalue weighted by Crippen LogP contribution is -2.60. The van der Waals surface area contributed by atoms with Crippen molar-refractivity contribution in [3.8, 4) is 0 Å². The van der Waals surface area contributed by atoms with Gasteiger partial charge >= 0.3 is 12.4 Å². The Labute approximate surface area is 214 Å². The van der Waals surface area contributed by atoms with Crippen LogP contribution in [0.15, 0.2) is 41.6 Å². The van der Waals surface area contributed by atoms with Crippen LogP contribution >= 0.6 is 23.2 Å². The molecule has 2 aromatic carbocycles. The second-order valence-corrected chi connectivity index (χ2v) is 9.70. The minimum atomic E-state index is -5.01. The first-order valence-corrected chi connectivity index (χ1v) is 11.4. The molecule has 0 saturated carbocycles. The van der Waals surface area contributed by atoms with Crippen LogP contribution in [0.4, 0.5) is 35.1 Å². The first-order valence-electron chi connectivity index (χ1n) is 10.6. The maximum absolute atomic E-state index is 15.2. The zero-order chi connectivity index (χ0) is 27.6. The number of halogens is 10. The summed E-state index contributed by atoms with van der Waals surface area (Å²) in [5.74, 6) is -4.62. The van der Waals surface area contributed by atoms with E-state index in [1.165, 1.54) is 24.3 Å². The van der Waals surface area contributed by atoms with Gasteiger partial charge in [0.05, 0.1) is 28.8 Å². The molecule has 1 amide bonds. The summed E-state index contributed by atoms with van der Waals surface area (Å²) in [6.07, 6.45) is -10.6. The minimum absolute atomic E-state index is 0.0265. The molecule has 1 saturated heterocycles. The second kappa shape index (κ2) is 9.00. The molecule has 14 heteroatoms. The lowest BCUT2D eigenvalue weighted by atomic mass is 9.84. The number of rotatable bonds is 4. The maximum Gasteiger partial charge on any atom is 0.435 e. The summed E-state index contributed by atoms with van der Waals surface area (Å²) in [5, 5.41) is 2.27. The van der Waals surface area contributed by atoms with Gasteiger partial charge in [-0.1, -0.05) is 52.6 Å². The highest BCUT2D eigenvalue weighted by Gasteiger charge is 2.62. The Morgan fingerprint density at radius 3 is 2.05 bits per heavy atom. The van der Waals surface area contributed by atoms with Crippen molar-refractivity contribution >= 4 is 34.8 Å². The molecule has 0 spiro atoms. The van der Waals surface area contributed by atoms with Crippen LogP contribution in [0.2, 0.25) is 10.0 Å². The fourth-order valence-electron chi connectivity index (χ4n) is 4.12. The van der Waals surface area contributed by atoms with Gasteiger partial charge < -0.3 is 9.74 Å². The van der Waals surface area contributed by atoms with Gasteiger partial charge in [0.2, 0.25) is 5.91 Å². The molecule has 2 aliphatic heterocycles. The number of carbonyl (C=O) groups excluding carboxylic acids is 1. The Bertz CT molecular complexity index is 1230. The fourth-order valence-corrected chi connectivity index (χ4v) is 4.61. The smallest absolute Gasteiger partial charge is 0.374 e. The highest BCUT2D eigenvalue weighted by Crippen LogP contribution is 2.50. The monoisotopic (exact) mass is 574 g/mol. The molecule has 0 radical (unpaired) electrons. The molecule has 0 aromatic heterocycles. The van der Waals surface area contributed by atoms with Crippen molar-refractivity contribution in [3.05, 3.63) is 69.0 Å². The standard InChI is InChI=1S/C23H16Cl2F8N2O2/c1-11(22(28,29)30)19(36)35-9-20(27,10-35)13-4-2-12(3-5-13)17-8-21(37-34-17,23(31,32)33)14-6-15(24)18(26)16(25)7-14/h2-7,11H,8-10H2,1H3. The van der Waals surface area contributed by atoms with Crippen molar-refractivity contribution in [1.82, 2.24) is 4.90 Å². The number of hydrogen-bond acceptors (Lipinski definition) is 3. The van der Waals surface area contributed by atoms with Gasteiger partial charge in [-0.2, -0.15) is 26.3 Å². The average molecular weight is 575 g/mol. The van der Waals surface area contributed by atoms with Crippen molar-refractivity contribution in [2.45, 2.75) is 37.0 Å². The summed E-state index contributed by atoms with van der Waals surface area (Å²) < 4.78 is 110. The van der Waals surface area contributed by atoms with Crippen LogP contribution in [-0.2, 0) is 20.9 Å². The van der Waals surface area contributed by atoms with Gasteiger partial charge in [-0.05, 0) is 30.2 Å². The SMILES string of the molecule is CC(C(=O)N1CC(F)(c2ccc(C3=NOC(c4cc(Cl)c(F)c(Cl)c4)(C(F)(F)F)C3)cc2)C1)C(F)(F)F. The lowest BCUT2D eigenvalue weighted by molar-refractivity contribution is -0.275. The second-order valence-electron chi connectivity index (χ2n) is 8.88. The third-order valence-corrected chi connectivity index (χ3v) is 6.98. The van der Waals surface area contributed by atoms with E-state index in [4.69, 9.17) is 28.0 Å². The topological polar surface area (TPSA) is 41.9 Å². The van der Waals surface area contributed by atoms with E-state index < -0.39 is 76.4 Å². The highest BCUT2D eigenvalue weighted by atomic mass is 35.5. The van der Waals surface area contributed by atoms with E-state index in [2.05, 4.69) is 5.16 Å². The molecule has 37 heavy (non-hydrogen) atoms. The molecule has 2 aliphatic rings. The summed E-state index contributed by atoms with van der Waals surface area (Å²) in [7, 11) is 0. The molecule has 0 bridgehead atoms. The van der Waals surface area contributed by atoms with Crippen LogP contribution in [0.25, 0.3) is 0 Å². The molecule has 1 fully saturated rings. The molecular weight excluding hydrogens is 559 g/mol. The Hall–Kier alpha value is -2.60. The number of likely N-dealkylation sites (tertiary alicyclic amines) is 1. The Kier molecular flexibility index (Phi) is 6.68. The lowest BCUT2D eigenvalue weighted by Gasteiger charge is -2.45. The highest BCUT2D eigenvalue weighted by molar-refractivity contribution is 6.35. The number of amides is 1. The van der Waals surface area contributed by atoms with E-state index in [-0.39, 0.29) is 16.8 Å². The third kappa shape index (κ3) is 4.73. The molecule has 2 atom stereocenters. The first-order chi connectivity index (χ1) is 17.0. The van der Waals surface area contributed by atoms with Gasteiger partial charge in [-0.15, -0.1) is 0 Å². The van der Waals surface area contributed by atoms with Gasteiger partial charge in [0.1, 0.15) is 5.92 Å². The molecule has 2 heterocycles. The molecule has 2 aromatic rings. The maximum atomic E-state index is 15.2. The van der Waals surface area contributed by atoms with Crippen LogP contribution in [0.3, 0.4) is 0 Å². The number of nitrogens with zero attached hydrogens (tertiary/aromatic N) is 2. The number of carbonyl (C=O) groups is 1. The van der Waals surface area contributed by atoms with Gasteiger partial charge in [0.15, 0.2) is 11.5 Å². The van der Waals surface area contributed by atoms with Crippen LogP contribution in [0, 0.1) is 11.7 Å². The van der Waals surface area contributed by atoms with E-state index >= 15 is 4.39 Å². The predicted octanol–water partition coefficient (Wildman–Crippen LogP) is 6.92. The normalized spacial score (nSPS) is 22.2. The van der Waals surface area contributed by atoms with E-state index in [0.717, 1.165) is 17.0 Å². The number of hydrogen-bond donors (Lipinski definition) is 0. The van der Waals surface area contributed by atoms with Crippen LogP contribution < -0.4 is 0 Å². The molecule has 2 unspecified atom stereocenters. The van der Waals surface area contributed by atoms with E-state index in [1.807, 2.05) is 0 Å². The first kappa shape index (κ1) is 27.4. The van der Waals surface area contributed by atoms with Crippen LogP contribution in [-0.4, -0.2) is 42.0 Å². The summed E-state index contributed by atoms with van der Waals surface area (Å²) in [5.41, 5.74) is -5.67. The van der Waals surface area contributed by atoms with Crippen molar-refractivity contribution in [2.24, 2.45) is 11.1 Å². The Morgan fingerprint density at radius 1 is 1.03 bits per heavy atom. The van der Waals surface area contributed by atoms with Gasteiger partial charge in [0.25, 0.3) is 5.60 Å². The van der Waals surface area contributed by atoms with Crippen LogP contribution in [0.1, 0.15) is 30.0 Å². The van der Waals surface area contributed by atoms with E-state index in [1.54, 1.807) is 0 Å². The molecular formula is C23H16Cl2F8N2O2. The minimum Gasteiger partial charge on any atom is -0.374 e. The molecule has 0 aliphatic carbocycles. The molecule has 4 rings (SSSR count). The third-order valence-electron chi connectivity index (χ3n) is 6.43. The zero-order valence-corrected chi connectivity index (χ0v) is 20.2. The van der Waals surface area contributed by atoms with Gasteiger partial charge in [-0.3, -0.25) is 4.79 Å². The van der Waals surface area contributed by atoms with E-state index in [0.29, 0.717) is 6.92 Å². The summed E-state index contributed by atoms with van der Waals surface area (Å²) >= 11 is 11.4. The predicted molar refractivity (Wildman–Crippen MR) is 117 cm³/mol. The largest absolute Gasteiger partial charge is 0.435 e. The summed E-state index contributed by atoms with van der Waals surface area (Å²) in [4.78, 5) is 17.5. The zero-order valence-electron chi connectivity index (χ0n) is 18.7. The molecule has 4 nitrogen and oxygen atoms in total. The number of benzene rings is 2. The molecule has 200 valence electrons. The van der Waals surface area contributed by atoms with Crippen molar-refractivity contribution in [1.29, 1.82) is 0 Å². The van der Waals surface area contributed by atoms with Crippen LogP contribution in [0.5, 0.6) is 0 Å². The van der Waals surface area contributed by atoms with E-state index in [9.17, 15) is 35.5 Å². The fraction of sp³-hybridized carbons (Fsp3) is 0.391. The molecule has 0 N–H and O–H groups in total. The van der Waals surface area contributed by atoms with Gasteiger partial charge in [-0.25, -0.2) is 8.78 Å². The van der Waals surface area contributed by atoms with Crippen molar-refractivity contribution < 1.29 is 44.8 Å². The quantitative estimate of drug-likeness (QED) is 0.294. The van der Waals surface area contributed by atoms with Crippen molar-refractivity contribution in [2.75, 3.05) is 13.1 Å². The van der Waals surface area contributed by atoms with Gasteiger partial charge in [0, 0.05) is 12.0 Å². The average Bonchev–Trinajstić information content (AvgIpc) is 3.26. The summed E-state index contributed by atoms with van der Waals surface area (Å²) in [6.45, 7) is -0.508. The Balaban J connectivity index is 1.52.